The van der Waals surface area contributed by atoms with Gasteiger partial charge in [0, 0.05) is 0 Å². The van der Waals surface area contributed by atoms with Gasteiger partial charge in [-0.3, -0.25) is 0 Å². The summed E-state index contributed by atoms with van der Waals surface area (Å²) in [6, 6.07) is 10.3. The quantitative estimate of drug-likeness (QED) is 0.801. The molecule has 0 fully saturated rings. The first kappa shape index (κ1) is 14.0. The molecule has 1 aliphatic heterocycles. The van der Waals surface area contributed by atoms with Crippen LogP contribution in [0.1, 0.15) is 24.7 Å². The van der Waals surface area contributed by atoms with Crippen molar-refractivity contribution < 1.29 is 9.15 Å². The molecule has 0 aliphatic carbocycles. The maximum atomic E-state index is 5.92. The van der Waals surface area contributed by atoms with E-state index in [1.54, 1.807) is 6.26 Å². The standard InChI is InChI=1S/C17H22N2O2/c1-2-14-12-19-16-10-13(5-6-17(16)21-14)7-8-18-11-15-4-3-9-20-15/h3-6,9-10,14,18-19H,2,7-8,11-12H2,1H3. The molecule has 1 aliphatic rings. The molecule has 4 heteroatoms. The van der Waals surface area contributed by atoms with Gasteiger partial charge < -0.3 is 19.8 Å². The molecule has 0 saturated carbocycles. The summed E-state index contributed by atoms with van der Waals surface area (Å²) < 4.78 is 11.2. The number of hydrogen-bond donors (Lipinski definition) is 2. The maximum Gasteiger partial charge on any atom is 0.142 e. The Kier molecular flexibility index (Phi) is 4.46. The van der Waals surface area contributed by atoms with Crippen LogP contribution in [0.25, 0.3) is 0 Å². The Morgan fingerprint density at radius 1 is 1.33 bits per heavy atom. The van der Waals surface area contributed by atoms with Gasteiger partial charge in [-0.05, 0) is 49.2 Å². The van der Waals surface area contributed by atoms with Crippen molar-refractivity contribution in [2.24, 2.45) is 0 Å². The minimum absolute atomic E-state index is 0.290. The highest BCUT2D eigenvalue weighted by Crippen LogP contribution is 2.30. The molecule has 0 spiro atoms. The third-order valence-corrected chi connectivity index (χ3v) is 3.78. The molecule has 2 N–H and O–H groups in total. The molecule has 1 aromatic carbocycles. The summed E-state index contributed by atoms with van der Waals surface area (Å²) in [4.78, 5) is 0. The molecule has 1 atom stereocenters. The van der Waals surface area contributed by atoms with E-state index in [2.05, 4.69) is 35.8 Å². The summed E-state index contributed by atoms with van der Waals surface area (Å²) in [6.07, 6.45) is 4.02. The van der Waals surface area contributed by atoms with Gasteiger partial charge in [0.1, 0.15) is 17.6 Å². The van der Waals surface area contributed by atoms with Crippen LogP contribution in [0.2, 0.25) is 0 Å². The highest BCUT2D eigenvalue weighted by molar-refractivity contribution is 5.59. The maximum absolute atomic E-state index is 5.92. The Hall–Kier alpha value is -1.94. The van der Waals surface area contributed by atoms with Crippen LogP contribution in [0.3, 0.4) is 0 Å². The molecule has 1 unspecified atom stereocenters. The average molecular weight is 286 g/mol. The summed E-state index contributed by atoms with van der Waals surface area (Å²) in [7, 11) is 0. The molecule has 3 rings (SSSR count). The zero-order chi connectivity index (χ0) is 14.5. The van der Waals surface area contributed by atoms with E-state index < -0.39 is 0 Å². The smallest absolute Gasteiger partial charge is 0.142 e. The lowest BCUT2D eigenvalue weighted by Crippen LogP contribution is -2.30. The van der Waals surface area contributed by atoms with Gasteiger partial charge in [0.15, 0.2) is 0 Å². The van der Waals surface area contributed by atoms with Crippen molar-refractivity contribution in [3.63, 3.8) is 0 Å². The van der Waals surface area contributed by atoms with Gasteiger partial charge in [-0.25, -0.2) is 0 Å². The van der Waals surface area contributed by atoms with Gasteiger partial charge in [-0.1, -0.05) is 13.0 Å². The van der Waals surface area contributed by atoms with Crippen molar-refractivity contribution in [2.45, 2.75) is 32.4 Å². The lowest BCUT2D eigenvalue weighted by molar-refractivity contribution is 0.202. The first-order chi connectivity index (χ1) is 10.3. The van der Waals surface area contributed by atoms with E-state index in [1.165, 1.54) is 5.56 Å². The van der Waals surface area contributed by atoms with E-state index in [4.69, 9.17) is 9.15 Å². The van der Waals surface area contributed by atoms with Crippen LogP contribution in [0, 0.1) is 0 Å². The number of rotatable bonds is 6. The average Bonchev–Trinajstić information content (AvgIpc) is 3.04. The highest BCUT2D eigenvalue weighted by atomic mass is 16.5. The Labute approximate surface area is 125 Å². The SMILES string of the molecule is CCC1CNc2cc(CCNCc3ccco3)ccc2O1. The Balaban J connectivity index is 1.50. The van der Waals surface area contributed by atoms with Crippen molar-refractivity contribution in [2.75, 3.05) is 18.4 Å². The van der Waals surface area contributed by atoms with Crippen molar-refractivity contribution >= 4 is 5.69 Å². The van der Waals surface area contributed by atoms with Crippen molar-refractivity contribution in [1.29, 1.82) is 0 Å². The monoisotopic (exact) mass is 286 g/mol. The van der Waals surface area contributed by atoms with Crippen LogP contribution in [0.5, 0.6) is 5.75 Å². The lowest BCUT2D eigenvalue weighted by atomic mass is 10.1. The highest BCUT2D eigenvalue weighted by Gasteiger charge is 2.17. The van der Waals surface area contributed by atoms with Gasteiger partial charge >= 0.3 is 0 Å². The minimum atomic E-state index is 0.290. The van der Waals surface area contributed by atoms with Gasteiger partial charge in [0.2, 0.25) is 0 Å². The van der Waals surface area contributed by atoms with Crippen LogP contribution in [-0.4, -0.2) is 19.2 Å². The number of anilines is 1. The number of hydrogen-bond acceptors (Lipinski definition) is 4. The second-order valence-corrected chi connectivity index (χ2v) is 5.37. The topological polar surface area (TPSA) is 46.4 Å². The molecule has 0 bridgehead atoms. The summed E-state index contributed by atoms with van der Waals surface area (Å²) >= 11 is 0. The molecular weight excluding hydrogens is 264 g/mol. The largest absolute Gasteiger partial charge is 0.486 e. The number of benzene rings is 1. The molecule has 1 aromatic heterocycles. The van der Waals surface area contributed by atoms with Crippen molar-refractivity contribution in [1.82, 2.24) is 5.32 Å². The normalized spacial score (nSPS) is 16.9. The van der Waals surface area contributed by atoms with Gasteiger partial charge in [-0.2, -0.15) is 0 Å². The first-order valence-corrected chi connectivity index (χ1v) is 7.61. The Bertz CT molecular complexity index is 566. The van der Waals surface area contributed by atoms with Crippen LogP contribution in [0.15, 0.2) is 41.0 Å². The van der Waals surface area contributed by atoms with Crippen LogP contribution in [-0.2, 0) is 13.0 Å². The molecule has 2 aromatic rings. The fourth-order valence-corrected chi connectivity index (χ4v) is 2.50. The lowest BCUT2D eigenvalue weighted by Gasteiger charge is -2.27. The molecule has 2 heterocycles. The minimum Gasteiger partial charge on any atom is -0.486 e. The number of furan rings is 1. The fourth-order valence-electron chi connectivity index (χ4n) is 2.50. The summed E-state index contributed by atoms with van der Waals surface area (Å²) in [6.45, 7) is 4.75. The molecule has 21 heavy (non-hydrogen) atoms. The molecular formula is C17H22N2O2. The number of nitrogens with one attached hydrogen (secondary N) is 2. The van der Waals surface area contributed by atoms with Crippen molar-refractivity contribution in [3.05, 3.63) is 47.9 Å². The Morgan fingerprint density at radius 2 is 2.29 bits per heavy atom. The number of fused-ring (bicyclic) bond motifs is 1. The molecule has 0 saturated heterocycles. The second-order valence-electron chi connectivity index (χ2n) is 5.37. The van der Waals surface area contributed by atoms with E-state index in [0.717, 1.165) is 49.7 Å². The van der Waals surface area contributed by atoms with Crippen molar-refractivity contribution in [3.8, 4) is 5.75 Å². The van der Waals surface area contributed by atoms with Crippen LogP contribution >= 0.6 is 0 Å². The second kappa shape index (κ2) is 6.68. The van der Waals surface area contributed by atoms with Gasteiger partial charge in [-0.15, -0.1) is 0 Å². The first-order valence-electron chi connectivity index (χ1n) is 7.61. The van der Waals surface area contributed by atoms with Gasteiger partial charge in [0.25, 0.3) is 0 Å². The third-order valence-electron chi connectivity index (χ3n) is 3.78. The molecule has 112 valence electrons. The van der Waals surface area contributed by atoms with Crippen LogP contribution in [0.4, 0.5) is 5.69 Å². The molecule has 4 nitrogen and oxygen atoms in total. The van der Waals surface area contributed by atoms with Crippen LogP contribution < -0.4 is 15.4 Å². The number of ether oxygens (including phenoxy) is 1. The Morgan fingerprint density at radius 3 is 3.10 bits per heavy atom. The zero-order valence-corrected chi connectivity index (χ0v) is 12.4. The summed E-state index contributed by atoms with van der Waals surface area (Å²) in [5.41, 5.74) is 2.43. The predicted octanol–water partition coefficient (Wildman–Crippen LogP) is 3.19. The molecule has 0 amide bonds. The van der Waals surface area contributed by atoms with Gasteiger partial charge in [0.05, 0.1) is 25.0 Å². The zero-order valence-electron chi connectivity index (χ0n) is 12.4. The summed E-state index contributed by atoms with van der Waals surface area (Å²) in [5.74, 6) is 1.95. The van der Waals surface area contributed by atoms with E-state index in [-0.39, 0.29) is 0 Å². The molecule has 0 radical (unpaired) electrons. The van der Waals surface area contributed by atoms with E-state index in [1.807, 2.05) is 12.1 Å². The van der Waals surface area contributed by atoms with E-state index in [0.29, 0.717) is 6.10 Å². The fraction of sp³-hybridized carbons (Fsp3) is 0.412. The van der Waals surface area contributed by atoms with E-state index >= 15 is 0 Å². The third kappa shape index (κ3) is 3.58. The van der Waals surface area contributed by atoms with E-state index in [9.17, 15) is 0 Å². The summed E-state index contributed by atoms with van der Waals surface area (Å²) in [5, 5.41) is 6.84. The predicted molar refractivity (Wildman–Crippen MR) is 83.8 cm³/mol.